The number of nitrogens with one attached hydrogen (secondary N) is 8. The molecule has 4 amide bonds. The Balaban J connectivity index is 0.000000379. The van der Waals surface area contributed by atoms with Crippen LogP contribution in [0.25, 0.3) is 0 Å². The Morgan fingerprint density at radius 1 is 0.500 bits per heavy atom. The molecular weight excluding hydrogens is 1180 g/mol. The van der Waals surface area contributed by atoms with Crippen molar-refractivity contribution in [3.05, 3.63) is 68.9 Å². The van der Waals surface area contributed by atoms with Gasteiger partial charge in [-0.2, -0.15) is 0 Å². The standard InChI is InChI=1S/4C16H27N5O2/c4*1-9-5-6-10(7-12(9)22)19-14-11(13(17)23)8-18-15(20-14)21-16(2,3)4/h4*8-10,12,22H,5-7H2,1-4H3,(H2,17,23)(H2,18,19,20,21)/i1D3,2D3,3D3,4D3,5D2,6D2,7D2,8D,9D,10D,12D;1D3,2D3,3D3,4D3,8D,9D,10D,12D;1D3,2D3,3D3,4D3,5D,6D,7D,8D;1D3,2D3,3D3,4D3,5D2,8D,12D. The van der Waals surface area contributed by atoms with E-state index in [-0.39, 0.29) is 0 Å². The molecule has 4 aliphatic rings. The van der Waals surface area contributed by atoms with Gasteiger partial charge in [-0.15, -0.1) is 0 Å². The van der Waals surface area contributed by atoms with E-state index in [0.29, 0.717) is 0 Å². The van der Waals surface area contributed by atoms with Gasteiger partial charge in [0.25, 0.3) is 23.6 Å². The van der Waals surface area contributed by atoms with Crippen molar-refractivity contribution in [2.45, 2.75) is 257 Å². The lowest BCUT2D eigenvalue weighted by Gasteiger charge is -2.28. The number of nitrogens with two attached hydrogens (primary N) is 4. The number of rotatable bonds is 12. The first-order valence-corrected chi connectivity index (χ1v) is 25.4. The third-order valence-electron chi connectivity index (χ3n) is 11.1. The number of aromatic amines is 4. The second-order valence-corrected chi connectivity index (χ2v) is 19.0. The highest BCUT2D eigenvalue weighted by atomic mass is 16.3. The predicted molar refractivity (Wildman–Crippen MR) is 355 cm³/mol. The number of hydrogen-bond acceptors (Lipinski definition) is 20. The molecular formula is C64H108N20O8. The molecule has 4 aromatic rings. The Morgan fingerprint density at radius 3 is 1.29 bits per heavy atom. The average molecular weight is 1360 g/mol. The van der Waals surface area contributed by atoms with Crippen LogP contribution in [-0.4, -0.2) is 155 Å². The molecule has 4 heterocycles. The molecule has 0 aromatic carbocycles. The molecule has 15 atom stereocenters. The van der Waals surface area contributed by atoms with Crippen LogP contribution in [-0.2, 0) is 0 Å². The molecule has 0 spiro atoms. The van der Waals surface area contributed by atoms with Gasteiger partial charge in [-0.3, -0.25) is 39.1 Å². The highest BCUT2D eigenvalue weighted by Gasteiger charge is 2.30. The molecule has 8 rings (SSSR count). The fraction of sp³-hybridized carbons (Fsp3) is 0.688. The monoisotopic (exact) mass is 1360 g/mol. The van der Waals surface area contributed by atoms with Gasteiger partial charge in [0.1, 0.15) is 22.0 Å². The van der Waals surface area contributed by atoms with Crippen LogP contribution in [0, 0.1) is 23.6 Å². The molecule has 4 aliphatic carbocycles. The Labute approximate surface area is 638 Å². The molecule has 20 N–H and O–H groups in total. The number of aliphatic hydroxyl groups excluding tert-OH is 1. The fourth-order valence-corrected chi connectivity index (χ4v) is 7.12. The zero-order valence-corrected chi connectivity index (χ0v) is 47.0. The summed E-state index contributed by atoms with van der Waals surface area (Å²) in [5.41, 5.74) is -1.15. The quantitative estimate of drug-likeness (QED) is 0.0916. The van der Waals surface area contributed by atoms with Gasteiger partial charge in [-0.25, -0.2) is 19.9 Å². The van der Waals surface area contributed by atoms with E-state index in [4.69, 9.17) is 119 Å². The minimum absolute atomic E-state index is 0.551. The van der Waals surface area contributed by atoms with Crippen LogP contribution in [0.3, 0.4) is 0 Å². The smallest absolute Gasteiger partial charge is 0.254 e. The van der Waals surface area contributed by atoms with Crippen LogP contribution in [0.1, 0.15) is 324 Å². The number of nitrogens with zero attached hydrogens (tertiary/aromatic N) is 8. The predicted octanol–water partition coefficient (Wildman–Crippen LogP) is 4.68. The van der Waals surface area contributed by atoms with Crippen molar-refractivity contribution >= 4 is 47.4 Å². The molecule has 92 heavy (non-hydrogen) atoms. The van der Waals surface area contributed by atoms with Crippen LogP contribution in [0.2, 0.25) is 0 Å². The third-order valence-corrected chi connectivity index (χ3v) is 11.1. The summed E-state index contributed by atoms with van der Waals surface area (Å²) < 4.78 is 549. The molecule has 28 nitrogen and oxygen atoms in total. The van der Waals surface area contributed by atoms with Crippen molar-refractivity contribution < 1.29 is 136 Å². The second kappa shape index (κ2) is 32.3. The van der Waals surface area contributed by atoms with Gasteiger partial charge in [-0.05, 0) is 183 Å². The highest BCUT2D eigenvalue weighted by Crippen LogP contribution is 2.29. The SMILES string of the molecule is [2H]c1nc(NC(C([2H])([2H])[2H])(C([2H])([2H])[2H])C([2H])([2H])[2H])[nH]c(=NC2([2H])C([2H])([2H])C([2H])([2H])C([2H])(C([2H])([2H])[2H])C([2H])(O)C2([2H])[2H])c1C(N)=O.[2H]c1nc(NC(C([2H])([2H])[2H])(C([2H])([2H])[2H])C([2H])([2H])[2H])[nH]c(=NC2([2H])CCC([2H])(C([2H])([2H])[2H])C([2H])(O)C2)c1C(N)=O.[2H]c1nc(NC(C([2H])([2H])[2H])(C([2H])([2H])[2H])C([2H])([2H])[2H])[nH]c(=NC2C([2H])C([2H])C(C([2H])([2H])[2H])C(O)C2[2H])c1C(N)=O.[2H]c1nc(NC(C([2H])([2H])[2H])(C([2H])([2H])[2H])C([2H])([2H])[2H])[nH]c(=NC2CC([2H])([2H])C(C([2H])([2H])[2H])C([2H])(O)C2)c1C(N)=O. The number of anilines is 4. The Kier molecular flexibility index (Phi) is 8.23. The van der Waals surface area contributed by atoms with E-state index in [0.717, 1.165) is 0 Å². The molecule has 28 heteroatoms. The largest absolute Gasteiger partial charge is 0.393 e. The van der Waals surface area contributed by atoms with Gasteiger partial charge < -0.3 is 84.6 Å². The number of amides is 4. The lowest BCUT2D eigenvalue weighted by atomic mass is 9.85. The summed E-state index contributed by atoms with van der Waals surface area (Å²) in [7, 11) is 0. The van der Waals surface area contributed by atoms with Crippen molar-refractivity contribution in [1.29, 1.82) is 0 Å². The van der Waals surface area contributed by atoms with Crippen molar-refractivity contribution in [2.24, 2.45) is 66.5 Å². The maximum absolute atomic E-state index is 12.3. The number of carbonyl (C=O) groups excluding carboxylic acids is 4. The molecule has 0 saturated heterocycles. The maximum atomic E-state index is 12.3. The second-order valence-electron chi connectivity index (χ2n) is 19.0. The zero-order valence-electron chi connectivity index (χ0n) is 117. The topological polar surface area (TPSA) is 466 Å². The minimum Gasteiger partial charge on any atom is -0.393 e. The summed E-state index contributed by atoms with van der Waals surface area (Å²) in [6, 6.07) is -9.73. The number of aliphatic hydroxyl groups is 4. The highest BCUT2D eigenvalue weighted by molar-refractivity contribution is 5.93. The Hall–Kier alpha value is -7.56. The van der Waals surface area contributed by atoms with Crippen LogP contribution < -0.4 is 66.2 Å². The first kappa shape index (κ1) is 23.4. The molecule has 4 aromatic heterocycles. The number of hydrogen-bond donors (Lipinski definition) is 16. The van der Waals surface area contributed by atoms with Crippen LogP contribution in [0.5, 0.6) is 0 Å². The molecule has 0 radical (unpaired) electrons. The Bertz CT molecular complexity index is 6210. The van der Waals surface area contributed by atoms with E-state index in [2.05, 4.69) is 54.9 Å². The number of aromatic nitrogens is 8. The zero-order chi connectivity index (χ0) is 129. The lowest BCUT2D eigenvalue weighted by molar-refractivity contribution is 0.0702. The summed E-state index contributed by atoms with van der Waals surface area (Å²) in [6.07, 6.45) is -41.9. The summed E-state index contributed by atoms with van der Waals surface area (Å²) in [4.78, 5) is 85.9. The van der Waals surface area contributed by atoms with Crippen molar-refractivity contribution in [1.82, 2.24) is 39.9 Å². The van der Waals surface area contributed by atoms with Gasteiger partial charge in [0.15, 0.2) is 0 Å². The first-order valence-electron chi connectivity index (χ1n) is 60.6. The van der Waals surface area contributed by atoms with Gasteiger partial charge in [0.2, 0.25) is 23.8 Å². The Morgan fingerprint density at radius 2 is 0.913 bits per heavy atom. The van der Waals surface area contributed by atoms with E-state index >= 15 is 0 Å². The van der Waals surface area contributed by atoms with E-state index in [1.807, 2.05) is 20.9 Å². The van der Waals surface area contributed by atoms with Crippen LogP contribution in [0.4, 0.5) is 23.8 Å². The van der Waals surface area contributed by atoms with E-state index in [1.165, 1.54) is 0 Å². The molecule has 15 unspecified atom stereocenters. The van der Waals surface area contributed by atoms with Gasteiger partial charge in [0.05, 0.1) is 83.1 Å². The normalized spacial score (nSPS) is 49.7. The third kappa shape index (κ3) is 24.8. The van der Waals surface area contributed by atoms with E-state index < -0.39 is 397 Å². The number of carbonyl (C=O) groups is 4. The number of primary amides is 4. The fourth-order valence-electron chi connectivity index (χ4n) is 7.12. The average Bonchev–Trinajstić information content (AvgIpc) is 0.646. The van der Waals surface area contributed by atoms with Crippen LogP contribution in [0.15, 0.2) is 44.7 Å². The van der Waals surface area contributed by atoms with E-state index in [1.54, 1.807) is 5.32 Å². The molecule has 0 bridgehead atoms. The lowest BCUT2D eigenvalue weighted by Crippen LogP contribution is -2.34. The van der Waals surface area contributed by atoms with Crippen molar-refractivity contribution in [3.63, 3.8) is 0 Å². The molecule has 4 saturated carbocycles. The summed E-state index contributed by atoms with van der Waals surface area (Å²) in [6.45, 7) is -58.5. The summed E-state index contributed by atoms with van der Waals surface area (Å²) >= 11 is 0. The maximum Gasteiger partial charge on any atom is 0.254 e. The van der Waals surface area contributed by atoms with Crippen molar-refractivity contribution in [3.8, 4) is 0 Å². The molecule has 0 aliphatic heterocycles. The van der Waals surface area contributed by atoms with Gasteiger partial charge in [-0.1, -0.05) is 27.4 Å². The van der Waals surface area contributed by atoms with Gasteiger partial charge >= 0.3 is 0 Å². The number of H-pyrrole nitrogens is 4. The summed E-state index contributed by atoms with van der Waals surface area (Å²) in [5, 5.41) is 49.5. The van der Waals surface area contributed by atoms with Crippen LogP contribution >= 0.6 is 0 Å². The van der Waals surface area contributed by atoms with E-state index in [9.17, 15) is 39.6 Å². The molecule has 4 fully saturated rings. The van der Waals surface area contributed by atoms with Crippen molar-refractivity contribution in [2.75, 3.05) is 21.3 Å². The van der Waals surface area contributed by atoms with Gasteiger partial charge in [0, 0.05) is 130 Å². The minimum atomic E-state index is -4.55. The summed E-state index contributed by atoms with van der Waals surface area (Å²) in [5.74, 6) is -20.9. The first-order chi connectivity index (χ1) is 70.8. The molecule has 512 valence electrons.